The molecule has 9 heteroatoms. The lowest BCUT2D eigenvalue weighted by molar-refractivity contribution is -0.146. The molecule has 3 heterocycles. The van der Waals surface area contributed by atoms with Gasteiger partial charge in [0.25, 0.3) is 10.0 Å². The van der Waals surface area contributed by atoms with E-state index in [4.69, 9.17) is 4.74 Å². The molecule has 1 aliphatic rings. The minimum Gasteiger partial charge on any atom is -0.458 e. The number of fused-ring (bicyclic) bond motifs is 2. The van der Waals surface area contributed by atoms with E-state index >= 15 is 0 Å². The number of imidazole rings is 1. The molecule has 8 nitrogen and oxygen atoms in total. The van der Waals surface area contributed by atoms with Crippen LogP contribution in [-0.4, -0.2) is 35.6 Å². The number of nitrogens with one attached hydrogen (secondary N) is 1. The molecule has 0 unspecified atom stereocenters. The third-order valence-corrected chi connectivity index (χ3v) is 5.50. The van der Waals surface area contributed by atoms with E-state index in [0.717, 1.165) is 5.65 Å². The van der Waals surface area contributed by atoms with Gasteiger partial charge in [0.05, 0.1) is 10.6 Å². The van der Waals surface area contributed by atoms with Crippen LogP contribution >= 0.6 is 0 Å². The summed E-state index contributed by atoms with van der Waals surface area (Å²) >= 11 is 0. The van der Waals surface area contributed by atoms with Gasteiger partial charge < -0.3 is 9.14 Å². The van der Waals surface area contributed by atoms with Crippen molar-refractivity contribution in [2.24, 2.45) is 4.99 Å². The minimum absolute atomic E-state index is 0.0119. The van der Waals surface area contributed by atoms with Gasteiger partial charge in [0.15, 0.2) is 0 Å². The molecular formula is C18H16N4O4S. The largest absolute Gasteiger partial charge is 0.458 e. The SMILES string of the molecule is C[C@@H](N=C1NS(=O)(=O)c2ccccc21)C(=O)OCc1cn2ccccc2n1. The van der Waals surface area contributed by atoms with Gasteiger partial charge in [-0.2, -0.15) is 0 Å². The Kier molecular flexibility index (Phi) is 4.15. The van der Waals surface area contributed by atoms with E-state index in [-0.39, 0.29) is 17.3 Å². The topological polar surface area (TPSA) is 102 Å². The Hall–Kier alpha value is -3.20. The summed E-state index contributed by atoms with van der Waals surface area (Å²) in [6.45, 7) is 1.56. The number of benzene rings is 1. The van der Waals surface area contributed by atoms with Crippen LogP contribution < -0.4 is 4.72 Å². The first-order valence-electron chi connectivity index (χ1n) is 8.23. The average molecular weight is 384 g/mol. The van der Waals surface area contributed by atoms with E-state index in [1.54, 1.807) is 31.3 Å². The van der Waals surface area contributed by atoms with E-state index < -0.39 is 22.0 Å². The first-order chi connectivity index (χ1) is 12.9. The van der Waals surface area contributed by atoms with Crippen LogP contribution in [0.3, 0.4) is 0 Å². The fraction of sp³-hybridized carbons (Fsp3) is 0.167. The molecule has 0 bridgehead atoms. The summed E-state index contributed by atoms with van der Waals surface area (Å²) in [7, 11) is -3.64. The number of carbonyl (C=O) groups is 1. The maximum atomic E-state index is 12.3. The molecule has 0 saturated carbocycles. The van der Waals surface area contributed by atoms with Gasteiger partial charge in [-0.1, -0.05) is 18.2 Å². The van der Waals surface area contributed by atoms with Crippen LogP contribution in [0.4, 0.5) is 0 Å². The van der Waals surface area contributed by atoms with Crippen LogP contribution in [0, 0.1) is 0 Å². The van der Waals surface area contributed by atoms with Crippen molar-refractivity contribution in [3.05, 3.63) is 66.1 Å². The summed E-state index contributed by atoms with van der Waals surface area (Å²) < 4.78 is 33.7. The number of esters is 1. The standard InChI is InChI=1S/C18H16N4O4S/c1-12(19-17-14-6-2-3-7-15(14)27(24,25)21-17)18(23)26-11-13-10-22-9-5-4-8-16(22)20-13/h2-10,12H,11H2,1H3,(H,19,21)/t12-/m1/s1. The van der Waals surface area contributed by atoms with Crippen molar-refractivity contribution < 1.29 is 17.9 Å². The molecule has 138 valence electrons. The molecule has 3 aromatic rings. The van der Waals surface area contributed by atoms with Crippen molar-refractivity contribution in [3.63, 3.8) is 0 Å². The molecule has 4 rings (SSSR count). The maximum Gasteiger partial charge on any atom is 0.331 e. The number of carbonyl (C=O) groups excluding carboxylic acids is 1. The molecule has 0 spiro atoms. The Balaban J connectivity index is 1.47. The molecule has 0 radical (unpaired) electrons. The van der Waals surface area contributed by atoms with Crippen molar-refractivity contribution in [3.8, 4) is 0 Å². The fourth-order valence-corrected chi connectivity index (χ4v) is 4.04. The van der Waals surface area contributed by atoms with Crippen molar-refractivity contribution in [1.29, 1.82) is 0 Å². The molecule has 1 aliphatic heterocycles. The normalized spacial score (nSPS) is 17.4. The summed E-state index contributed by atoms with van der Waals surface area (Å²) in [6, 6.07) is 11.2. The van der Waals surface area contributed by atoms with Gasteiger partial charge in [-0.05, 0) is 31.2 Å². The third-order valence-electron chi connectivity index (χ3n) is 4.10. The lowest BCUT2D eigenvalue weighted by Gasteiger charge is -2.08. The number of aliphatic imine (C=N–C) groups is 1. The third kappa shape index (κ3) is 3.28. The Bertz CT molecular complexity index is 1130. The predicted octanol–water partition coefficient (Wildman–Crippen LogP) is 1.50. The number of ether oxygens (including phenoxy) is 1. The zero-order valence-corrected chi connectivity index (χ0v) is 15.2. The van der Waals surface area contributed by atoms with Gasteiger partial charge in [-0.25, -0.2) is 18.2 Å². The van der Waals surface area contributed by atoms with Gasteiger partial charge in [-0.15, -0.1) is 0 Å². The molecular weight excluding hydrogens is 368 g/mol. The van der Waals surface area contributed by atoms with Crippen molar-refractivity contribution in [1.82, 2.24) is 14.1 Å². The predicted molar refractivity (Wildman–Crippen MR) is 97.8 cm³/mol. The second kappa shape index (κ2) is 6.51. The first-order valence-corrected chi connectivity index (χ1v) is 9.71. The van der Waals surface area contributed by atoms with E-state index in [9.17, 15) is 13.2 Å². The van der Waals surface area contributed by atoms with Crippen molar-refractivity contribution in [2.45, 2.75) is 24.5 Å². The zero-order valence-electron chi connectivity index (χ0n) is 14.4. The lowest BCUT2D eigenvalue weighted by Crippen LogP contribution is -2.26. The van der Waals surface area contributed by atoms with Gasteiger partial charge in [0.1, 0.15) is 24.1 Å². The highest BCUT2D eigenvalue weighted by molar-refractivity contribution is 7.90. The number of pyridine rings is 1. The molecule has 0 fully saturated rings. The van der Waals surface area contributed by atoms with Gasteiger partial charge in [-0.3, -0.25) is 9.71 Å². The van der Waals surface area contributed by atoms with Gasteiger partial charge in [0.2, 0.25) is 0 Å². The lowest BCUT2D eigenvalue weighted by atomic mass is 10.2. The average Bonchev–Trinajstić information content (AvgIpc) is 3.18. The van der Waals surface area contributed by atoms with Crippen LogP contribution in [0.15, 0.2) is 64.7 Å². The summed E-state index contributed by atoms with van der Waals surface area (Å²) in [5, 5.41) is 0. The monoisotopic (exact) mass is 384 g/mol. The Morgan fingerprint density at radius 1 is 1.26 bits per heavy atom. The summed E-state index contributed by atoms with van der Waals surface area (Å²) in [5.74, 6) is -0.425. The molecule has 27 heavy (non-hydrogen) atoms. The number of sulfonamides is 1. The Morgan fingerprint density at radius 3 is 2.85 bits per heavy atom. The molecule has 1 atom stereocenters. The van der Waals surface area contributed by atoms with Crippen LogP contribution in [0.2, 0.25) is 0 Å². The van der Waals surface area contributed by atoms with Crippen LogP contribution in [0.1, 0.15) is 18.2 Å². The highest BCUT2D eigenvalue weighted by Crippen LogP contribution is 2.22. The van der Waals surface area contributed by atoms with E-state index in [1.807, 2.05) is 28.8 Å². The van der Waals surface area contributed by atoms with Crippen LogP contribution in [-0.2, 0) is 26.2 Å². The van der Waals surface area contributed by atoms with Crippen molar-refractivity contribution >= 4 is 27.5 Å². The van der Waals surface area contributed by atoms with E-state index in [0.29, 0.717) is 11.3 Å². The minimum atomic E-state index is -3.64. The number of hydrogen-bond donors (Lipinski definition) is 1. The molecule has 0 saturated heterocycles. The number of aromatic nitrogens is 2. The number of hydrogen-bond acceptors (Lipinski definition) is 6. The number of rotatable bonds is 4. The summed E-state index contributed by atoms with van der Waals surface area (Å²) in [5.41, 5.74) is 1.81. The van der Waals surface area contributed by atoms with Gasteiger partial charge in [0, 0.05) is 18.0 Å². The maximum absolute atomic E-state index is 12.3. The Morgan fingerprint density at radius 2 is 2.04 bits per heavy atom. The molecule has 2 aromatic heterocycles. The molecule has 0 amide bonds. The molecule has 1 aromatic carbocycles. The highest BCUT2D eigenvalue weighted by Gasteiger charge is 2.31. The first kappa shape index (κ1) is 17.2. The summed E-state index contributed by atoms with van der Waals surface area (Å²) in [6.07, 6.45) is 3.63. The molecule has 1 N–H and O–H groups in total. The van der Waals surface area contributed by atoms with E-state index in [1.165, 1.54) is 6.07 Å². The summed E-state index contributed by atoms with van der Waals surface area (Å²) in [4.78, 5) is 20.9. The highest BCUT2D eigenvalue weighted by atomic mass is 32.2. The second-order valence-corrected chi connectivity index (χ2v) is 7.71. The van der Waals surface area contributed by atoms with Gasteiger partial charge >= 0.3 is 5.97 Å². The zero-order chi connectivity index (χ0) is 19.0. The number of amidine groups is 1. The van der Waals surface area contributed by atoms with Crippen LogP contribution in [0.5, 0.6) is 0 Å². The van der Waals surface area contributed by atoms with Crippen LogP contribution in [0.25, 0.3) is 5.65 Å². The quantitative estimate of drug-likeness (QED) is 0.687. The Labute approximate surface area is 155 Å². The smallest absolute Gasteiger partial charge is 0.331 e. The molecule has 0 aliphatic carbocycles. The number of nitrogens with zero attached hydrogens (tertiary/aromatic N) is 3. The van der Waals surface area contributed by atoms with Crippen molar-refractivity contribution in [2.75, 3.05) is 0 Å². The fourth-order valence-electron chi connectivity index (χ4n) is 2.80. The van der Waals surface area contributed by atoms with E-state index in [2.05, 4.69) is 14.7 Å². The second-order valence-electron chi connectivity index (χ2n) is 6.06.